The Kier molecular flexibility index (Phi) is 4.24. The fourth-order valence-corrected chi connectivity index (χ4v) is 2.71. The molecule has 4 nitrogen and oxygen atoms in total. The van der Waals surface area contributed by atoms with E-state index in [0.29, 0.717) is 18.5 Å². The van der Waals surface area contributed by atoms with Gasteiger partial charge in [-0.1, -0.05) is 28.1 Å². The second-order valence-electron chi connectivity index (χ2n) is 5.22. The fourth-order valence-electron chi connectivity index (χ4n) is 2.31. The van der Waals surface area contributed by atoms with E-state index in [4.69, 9.17) is 0 Å². The largest absolute Gasteiger partial charge is 0.352 e. The Morgan fingerprint density at radius 3 is 2.95 bits per heavy atom. The zero-order valence-electron chi connectivity index (χ0n) is 12.2. The van der Waals surface area contributed by atoms with E-state index in [-0.39, 0.29) is 5.91 Å². The highest BCUT2D eigenvalue weighted by molar-refractivity contribution is 9.10. The molecular formula is C17H16BrN3O. The van der Waals surface area contributed by atoms with Gasteiger partial charge in [0, 0.05) is 35.4 Å². The number of aromatic nitrogens is 2. The summed E-state index contributed by atoms with van der Waals surface area (Å²) in [5, 5.41) is 2.92. The third-order valence-electron chi connectivity index (χ3n) is 3.40. The van der Waals surface area contributed by atoms with E-state index in [2.05, 4.69) is 33.2 Å². The van der Waals surface area contributed by atoms with Crippen molar-refractivity contribution in [3.63, 3.8) is 0 Å². The summed E-state index contributed by atoms with van der Waals surface area (Å²) in [7, 11) is 0. The number of aryl methyl sites for hydroxylation is 1. The van der Waals surface area contributed by atoms with E-state index in [9.17, 15) is 4.79 Å². The first kappa shape index (κ1) is 14.8. The number of carbonyl (C=O) groups excluding carboxylic acids is 1. The van der Waals surface area contributed by atoms with Gasteiger partial charge >= 0.3 is 0 Å². The molecule has 3 rings (SSSR count). The maximum atomic E-state index is 12.0. The molecule has 1 N–H and O–H groups in total. The molecule has 2 heterocycles. The van der Waals surface area contributed by atoms with Crippen molar-refractivity contribution in [3.05, 3.63) is 70.1 Å². The van der Waals surface area contributed by atoms with E-state index in [0.717, 1.165) is 15.8 Å². The number of halogens is 1. The van der Waals surface area contributed by atoms with Crippen molar-refractivity contribution >= 4 is 27.5 Å². The van der Waals surface area contributed by atoms with Crippen LogP contribution in [-0.4, -0.2) is 21.8 Å². The minimum Gasteiger partial charge on any atom is -0.352 e. The van der Waals surface area contributed by atoms with Crippen molar-refractivity contribution in [3.8, 4) is 0 Å². The number of hydrogen-bond donors (Lipinski definition) is 1. The molecule has 0 atom stereocenters. The molecule has 0 unspecified atom stereocenters. The minimum atomic E-state index is -0.0686. The van der Waals surface area contributed by atoms with Gasteiger partial charge < -0.3 is 9.72 Å². The average molecular weight is 358 g/mol. The van der Waals surface area contributed by atoms with Crippen LogP contribution in [0.2, 0.25) is 0 Å². The summed E-state index contributed by atoms with van der Waals surface area (Å²) in [5.74, 6) is -0.0686. The number of fused-ring (bicyclic) bond motifs is 1. The molecule has 5 heteroatoms. The molecule has 0 fully saturated rings. The van der Waals surface area contributed by atoms with Gasteiger partial charge in [0.15, 0.2) is 0 Å². The van der Waals surface area contributed by atoms with Gasteiger partial charge in [-0.2, -0.15) is 0 Å². The van der Waals surface area contributed by atoms with Crippen molar-refractivity contribution in [1.29, 1.82) is 0 Å². The number of nitrogens with one attached hydrogen (secondary N) is 1. The van der Waals surface area contributed by atoms with Gasteiger partial charge in [-0.3, -0.25) is 4.79 Å². The Labute approximate surface area is 137 Å². The molecule has 0 saturated heterocycles. The first-order valence-corrected chi connectivity index (χ1v) is 7.89. The second-order valence-corrected chi connectivity index (χ2v) is 6.14. The number of pyridine rings is 1. The van der Waals surface area contributed by atoms with Crippen LogP contribution in [0.15, 0.2) is 53.3 Å². The first-order chi connectivity index (χ1) is 10.6. The Balaban J connectivity index is 1.61. The number of amides is 1. The lowest BCUT2D eigenvalue weighted by molar-refractivity contribution is 0.0954. The van der Waals surface area contributed by atoms with E-state index in [1.807, 2.05) is 47.1 Å². The van der Waals surface area contributed by atoms with Gasteiger partial charge in [0.1, 0.15) is 5.65 Å². The number of nitrogens with zero attached hydrogens (tertiary/aromatic N) is 2. The quantitative estimate of drug-likeness (QED) is 0.777. The van der Waals surface area contributed by atoms with Crippen LogP contribution in [0.4, 0.5) is 0 Å². The average Bonchev–Trinajstić information content (AvgIpc) is 2.89. The SMILES string of the molecule is Cc1ccc2nc(CCNC(=O)c3cccc(Br)c3)cn2c1. The number of carbonyl (C=O) groups is 1. The molecule has 1 amide bonds. The molecular weight excluding hydrogens is 342 g/mol. The van der Waals surface area contributed by atoms with Crippen LogP contribution >= 0.6 is 15.9 Å². The van der Waals surface area contributed by atoms with E-state index >= 15 is 0 Å². The maximum Gasteiger partial charge on any atom is 0.251 e. The smallest absolute Gasteiger partial charge is 0.251 e. The highest BCUT2D eigenvalue weighted by atomic mass is 79.9. The minimum absolute atomic E-state index is 0.0686. The molecule has 0 aliphatic carbocycles. The van der Waals surface area contributed by atoms with E-state index < -0.39 is 0 Å². The number of rotatable bonds is 4. The highest BCUT2D eigenvalue weighted by Crippen LogP contribution is 2.11. The lowest BCUT2D eigenvalue weighted by Crippen LogP contribution is -2.25. The zero-order chi connectivity index (χ0) is 15.5. The lowest BCUT2D eigenvalue weighted by atomic mass is 10.2. The topological polar surface area (TPSA) is 46.4 Å². The van der Waals surface area contributed by atoms with Gasteiger partial charge in [-0.15, -0.1) is 0 Å². The van der Waals surface area contributed by atoms with E-state index in [1.54, 1.807) is 6.07 Å². The second kappa shape index (κ2) is 6.32. The summed E-state index contributed by atoms with van der Waals surface area (Å²) in [6.07, 6.45) is 4.76. The Bertz CT molecular complexity index is 826. The van der Waals surface area contributed by atoms with Crippen molar-refractivity contribution in [2.75, 3.05) is 6.54 Å². The van der Waals surface area contributed by atoms with Crippen LogP contribution in [0.5, 0.6) is 0 Å². The Morgan fingerprint density at radius 1 is 1.27 bits per heavy atom. The zero-order valence-corrected chi connectivity index (χ0v) is 13.8. The molecule has 2 aromatic heterocycles. The van der Waals surface area contributed by atoms with Gasteiger partial charge in [0.25, 0.3) is 5.91 Å². The van der Waals surface area contributed by atoms with Gasteiger partial charge in [0.2, 0.25) is 0 Å². The molecule has 0 spiro atoms. The van der Waals surface area contributed by atoms with Crippen molar-refractivity contribution in [1.82, 2.24) is 14.7 Å². The predicted octanol–water partition coefficient (Wildman–Crippen LogP) is 3.38. The summed E-state index contributed by atoms with van der Waals surface area (Å²) < 4.78 is 2.91. The fraction of sp³-hybridized carbons (Fsp3) is 0.176. The highest BCUT2D eigenvalue weighted by Gasteiger charge is 2.06. The summed E-state index contributed by atoms with van der Waals surface area (Å²) in [5.41, 5.74) is 3.75. The van der Waals surface area contributed by atoms with Crippen LogP contribution < -0.4 is 5.32 Å². The van der Waals surface area contributed by atoms with Gasteiger partial charge in [0.05, 0.1) is 5.69 Å². The molecule has 1 aromatic carbocycles. The predicted molar refractivity (Wildman–Crippen MR) is 90.1 cm³/mol. The van der Waals surface area contributed by atoms with Crippen LogP contribution in [0.25, 0.3) is 5.65 Å². The van der Waals surface area contributed by atoms with Crippen LogP contribution in [0.1, 0.15) is 21.6 Å². The lowest BCUT2D eigenvalue weighted by Gasteiger charge is -2.04. The summed E-state index contributed by atoms with van der Waals surface area (Å²) in [6, 6.07) is 11.4. The first-order valence-electron chi connectivity index (χ1n) is 7.10. The molecule has 0 radical (unpaired) electrons. The summed E-state index contributed by atoms with van der Waals surface area (Å²) >= 11 is 3.37. The summed E-state index contributed by atoms with van der Waals surface area (Å²) in [6.45, 7) is 2.62. The molecule has 0 bridgehead atoms. The van der Waals surface area contributed by atoms with Crippen LogP contribution in [0.3, 0.4) is 0 Å². The van der Waals surface area contributed by atoms with Crippen LogP contribution in [-0.2, 0) is 6.42 Å². The van der Waals surface area contributed by atoms with Crippen LogP contribution in [0, 0.1) is 6.92 Å². The Hall–Kier alpha value is -2.14. The number of hydrogen-bond acceptors (Lipinski definition) is 2. The van der Waals surface area contributed by atoms with Crippen molar-refractivity contribution < 1.29 is 4.79 Å². The van der Waals surface area contributed by atoms with E-state index in [1.165, 1.54) is 5.56 Å². The Morgan fingerprint density at radius 2 is 2.14 bits per heavy atom. The number of imidazole rings is 1. The standard InChI is InChI=1S/C17H16BrN3O/c1-12-5-6-16-20-15(11-21(16)10-12)7-8-19-17(22)13-3-2-4-14(18)9-13/h2-6,9-11H,7-8H2,1H3,(H,19,22). The van der Waals surface area contributed by atoms with Crippen molar-refractivity contribution in [2.45, 2.75) is 13.3 Å². The molecule has 0 aliphatic heterocycles. The molecule has 3 aromatic rings. The number of benzene rings is 1. The summed E-state index contributed by atoms with van der Waals surface area (Å²) in [4.78, 5) is 16.6. The molecule has 0 aliphatic rings. The van der Waals surface area contributed by atoms with Crippen molar-refractivity contribution in [2.24, 2.45) is 0 Å². The van der Waals surface area contributed by atoms with Gasteiger partial charge in [-0.05, 0) is 36.8 Å². The third kappa shape index (κ3) is 3.36. The molecule has 112 valence electrons. The molecule has 0 saturated carbocycles. The monoisotopic (exact) mass is 357 g/mol. The molecule has 22 heavy (non-hydrogen) atoms. The maximum absolute atomic E-state index is 12.0. The van der Waals surface area contributed by atoms with Gasteiger partial charge in [-0.25, -0.2) is 4.98 Å². The normalized spacial score (nSPS) is 10.8. The third-order valence-corrected chi connectivity index (χ3v) is 3.90.